The third-order valence-corrected chi connectivity index (χ3v) is 7.89. The predicted octanol–water partition coefficient (Wildman–Crippen LogP) is 6.07. The Balaban J connectivity index is 1.75. The van der Waals surface area contributed by atoms with E-state index in [1.807, 2.05) is 34.7 Å². The number of rotatable bonds is 8. The zero-order valence-electron chi connectivity index (χ0n) is 21.5. The largest absolute Gasteiger partial charge is 0.354 e. The van der Waals surface area contributed by atoms with E-state index in [2.05, 4.69) is 42.7 Å². The van der Waals surface area contributed by atoms with Crippen LogP contribution in [0.2, 0.25) is 10.0 Å². The Morgan fingerprint density at radius 2 is 1.72 bits per heavy atom. The smallest absolute Gasteiger partial charge is 0.254 e. The molecule has 0 spiro atoms. The molecule has 1 amide bonds. The predicted molar refractivity (Wildman–Crippen MR) is 149 cm³/mol. The van der Waals surface area contributed by atoms with Gasteiger partial charge in [-0.3, -0.25) is 4.79 Å². The molecule has 3 aromatic rings. The van der Waals surface area contributed by atoms with Gasteiger partial charge in [0.2, 0.25) is 0 Å². The molecule has 0 bridgehead atoms. The maximum absolute atomic E-state index is 13.7. The van der Waals surface area contributed by atoms with Gasteiger partial charge >= 0.3 is 0 Å². The van der Waals surface area contributed by atoms with Gasteiger partial charge in [-0.05, 0) is 57.1 Å². The first kappa shape index (κ1) is 26.5. The minimum Gasteiger partial charge on any atom is -0.354 e. The highest BCUT2D eigenvalue weighted by atomic mass is 35.5. The number of aryl methyl sites for hydroxylation is 1. The van der Waals surface area contributed by atoms with E-state index >= 15 is 0 Å². The van der Waals surface area contributed by atoms with E-state index in [1.54, 1.807) is 18.2 Å². The minimum absolute atomic E-state index is 0.0382. The van der Waals surface area contributed by atoms with Gasteiger partial charge in [0, 0.05) is 43.3 Å². The Bertz CT molecular complexity index is 1190. The molecule has 0 radical (unpaired) electrons. The molecule has 1 aliphatic rings. The zero-order valence-corrected chi connectivity index (χ0v) is 23.1. The Labute approximate surface area is 224 Å². The van der Waals surface area contributed by atoms with Crippen molar-refractivity contribution in [2.75, 3.05) is 37.6 Å². The van der Waals surface area contributed by atoms with Crippen molar-refractivity contribution in [2.24, 2.45) is 0 Å². The first-order valence-electron chi connectivity index (χ1n) is 12.7. The van der Waals surface area contributed by atoms with E-state index in [9.17, 15) is 4.79 Å². The lowest BCUT2D eigenvalue weighted by Crippen LogP contribution is -2.47. The van der Waals surface area contributed by atoms with Gasteiger partial charge in [-0.25, -0.2) is 4.68 Å². The van der Waals surface area contributed by atoms with Crippen molar-refractivity contribution in [3.8, 4) is 5.69 Å². The fourth-order valence-electron chi connectivity index (χ4n) is 4.70. The lowest BCUT2D eigenvalue weighted by Gasteiger charge is -2.37. The van der Waals surface area contributed by atoms with Crippen molar-refractivity contribution in [1.82, 2.24) is 19.6 Å². The molecule has 1 unspecified atom stereocenters. The van der Waals surface area contributed by atoms with Gasteiger partial charge in [0.25, 0.3) is 5.91 Å². The quantitative estimate of drug-likeness (QED) is 0.356. The number of carbonyl (C=O) groups excluding carboxylic acids is 1. The third-order valence-electron chi connectivity index (χ3n) is 7.16. The SMILES string of the molecule is CCC(C)N(Cc1c(C)nn(-c2ccccc2)c1N1CCN(CC)CC1)C(=O)c1ccc(Cl)c(Cl)c1. The van der Waals surface area contributed by atoms with Crippen LogP contribution in [-0.2, 0) is 6.54 Å². The summed E-state index contributed by atoms with van der Waals surface area (Å²) in [7, 11) is 0. The number of nitrogens with zero attached hydrogens (tertiary/aromatic N) is 5. The Morgan fingerprint density at radius 3 is 2.33 bits per heavy atom. The molecule has 0 saturated carbocycles. The summed E-state index contributed by atoms with van der Waals surface area (Å²) in [5.74, 6) is 1.02. The molecule has 2 aromatic carbocycles. The van der Waals surface area contributed by atoms with Crippen LogP contribution in [0.1, 0.15) is 48.8 Å². The average molecular weight is 529 g/mol. The van der Waals surface area contributed by atoms with E-state index in [-0.39, 0.29) is 11.9 Å². The normalized spacial score (nSPS) is 15.2. The number of hydrogen-bond acceptors (Lipinski definition) is 4. The molecular weight excluding hydrogens is 493 g/mol. The maximum atomic E-state index is 13.7. The summed E-state index contributed by atoms with van der Waals surface area (Å²) in [6.45, 7) is 13.8. The number of piperazine rings is 1. The van der Waals surface area contributed by atoms with E-state index in [0.717, 1.165) is 61.9 Å². The number of benzene rings is 2. The van der Waals surface area contributed by atoms with Crippen molar-refractivity contribution in [2.45, 2.75) is 46.7 Å². The van der Waals surface area contributed by atoms with Crippen LogP contribution in [0, 0.1) is 6.92 Å². The first-order valence-corrected chi connectivity index (χ1v) is 13.5. The van der Waals surface area contributed by atoms with Gasteiger partial charge in [-0.2, -0.15) is 5.10 Å². The average Bonchev–Trinajstić information content (AvgIpc) is 3.24. The van der Waals surface area contributed by atoms with Gasteiger partial charge in [0.1, 0.15) is 5.82 Å². The summed E-state index contributed by atoms with van der Waals surface area (Å²) in [5.41, 5.74) is 3.57. The maximum Gasteiger partial charge on any atom is 0.254 e. The molecular formula is C28H35Cl2N5O. The molecule has 8 heteroatoms. The van der Waals surface area contributed by atoms with Crippen LogP contribution in [-0.4, -0.2) is 64.3 Å². The van der Waals surface area contributed by atoms with E-state index in [4.69, 9.17) is 28.3 Å². The second kappa shape index (κ2) is 11.7. The standard InChI is InChI=1S/C28H35Cl2N5O/c1-5-20(3)34(28(36)22-12-13-25(29)26(30)18-22)19-24-21(4)31-35(23-10-8-7-9-11-23)27(24)33-16-14-32(6-2)15-17-33/h7-13,18,20H,5-6,14-17,19H2,1-4H3. The molecule has 1 aromatic heterocycles. The highest BCUT2D eigenvalue weighted by Crippen LogP contribution is 2.31. The molecule has 0 N–H and O–H groups in total. The molecule has 36 heavy (non-hydrogen) atoms. The van der Waals surface area contributed by atoms with Crippen LogP contribution in [0.5, 0.6) is 0 Å². The molecule has 0 aliphatic carbocycles. The Morgan fingerprint density at radius 1 is 1.03 bits per heavy atom. The van der Waals surface area contributed by atoms with Gasteiger partial charge in [0.15, 0.2) is 0 Å². The molecule has 1 fully saturated rings. The fourth-order valence-corrected chi connectivity index (χ4v) is 4.99. The highest BCUT2D eigenvalue weighted by molar-refractivity contribution is 6.42. The number of halogens is 2. The monoisotopic (exact) mass is 527 g/mol. The topological polar surface area (TPSA) is 44.6 Å². The van der Waals surface area contributed by atoms with Gasteiger partial charge in [-0.1, -0.05) is 55.2 Å². The molecule has 2 heterocycles. The Hall–Kier alpha value is -2.54. The number of amides is 1. The molecule has 1 aliphatic heterocycles. The van der Waals surface area contributed by atoms with Crippen molar-refractivity contribution in [1.29, 1.82) is 0 Å². The summed E-state index contributed by atoms with van der Waals surface area (Å²) in [5, 5.41) is 5.80. The molecule has 4 rings (SSSR count). The summed E-state index contributed by atoms with van der Waals surface area (Å²) < 4.78 is 2.05. The number of hydrogen-bond donors (Lipinski definition) is 0. The number of aromatic nitrogens is 2. The van der Waals surface area contributed by atoms with E-state index < -0.39 is 0 Å². The summed E-state index contributed by atoms with van der Waals surface area (Å²) in [4.78, 5) is 20.6. The molecule has 1 saturated heterocycles. The number of likely N-dealkylation sites (N-methyl/N-ethyl adjacent to an activating group) is 1. The Kier molecular flexibility index (Phi) is 8.60. The number of anilines is 1. The molecule has 192 valence electrons. The number of para-hydroxylation sites is 1. The highest BCUT2D eigenvalue weighted by Gasteiger charge is 2.29. The summed E-state index contributed by atoms with van der Waals surface area (Å²) in [6.07, 6.45) is 0.837. The van der Waals surface area contributed by atoms with Crippen molar-refractivity contribution < 1.29 is 4.79 Å². The first-order chi connectivity index (χ1) is 17.3. The fraction of sp³-hybridized carbons (Fsp3) is 0.429. The van der Waals surface area contributed by atoms with Crippen molar-refractivity contribution in [3.63, 3.8) is 0 Å². The van der Waals surface area contributed by atoms with Crippen LogP contribution in [0.15, 0.2) is 48.5 Å². The van der Waals surface area contributed by atoms with Crippen LogP contribution in [0.3, 0.4) is 0 Å². The minimum atomic E-state index is -0.0588. The van der Waals surface area contributed by atoms with Crippen LogP contribution in [0.4, 0.5) is 5.82 Å². The van der Waals surface area contributed by atoms with Gasteiger partial charge < -0.3 is 14.7 Å². The summed E-state index contributed by atoms with van der Waals surface area (Å²) >= 11 is 12.4. The third kappa shape index (κ3) is 5.56. The van der Waals surface area contributed by atoms with Crippen molar-refractivity contribution >= 4 is 34.9 Å². The van der Waals surface area contributed by atoms with Crippen molar-refractivity contribution in [3.05, 3.63) is 75.4 Å². The molecule has 6 nitrogen and oxygen atoms in total. The van der Waals surface area contributed by atoms with Crippen LogP contribution in [0.25, 0.3) is 5.69 Å². The van der Waals surface area contributed by atoms with Crippen LogP contribution < -0.4 is 4.90 Å². The van der Waals surface area contributed by atoms with Gasteiger partial charge in [0.05, 0.1) is 28.0 Å². The van der Waals surface area contributed by atoms with E-state index in [1.165, 1.54) is 0 Å². The second-order valence-electron chi connectivity index (χ2n) is 9.38. The molecule has 1 atom stereocenters. The summed E-state index contributed by atoms with van der Waals surface area (Å²) in [6, 6.07) is 15.4. The lowest BCUT2D eigenvalue weighted by molar-refractivity contribution is 0.0671. The van der Waals surface area contributed by atoms with E-state index in [0.29, 0.717) is 22.2 Å². The van der Waals surface area contributed by atoms with Crippen LogP contribution >= 0.6 is 23.2 Å². The van der Waals surface area contributed by atoms with Gasteiger partial charge in [-0.15, -0.1) is 0 Å². The zero-order chi connectivity index (χ0) is 25.8. The number of carbonyl (C=O) groups is 1. The second-order valence-corrected chi connectivity index (χ2v) is 10.2. The lowest BCUT2D eigenvalue weighted by atomic mass is 10.1.